The smallest absolute Gasteiger partial charge is 0.407 e. The molecular formula is C29H49N5O6Si. The average Bonchev–Trinajstić information content (AvgIpc) is 3.24. The maximum atomic E-state index is 13.0. The highest BCUT2D eigenvalue weighted by Gasteiger charge is 2.42. The van der Waals surface area contributed by atoms with Crippen LogP contribution in [0.25, 0.3) is 0 Å². The summed E-state index contributed by atoms with van der Waals surface area (Å²) in [5.41, 5.74) is -1.17. The largest absolute Gasteiger partial charge is 0.489 e. The predicted molar refractivity (Wildman–Crippen MR) is 162 cm³/mol. The summed E-state index contributed by atoms with van der Waals surface area (Å²) < 4.78 is 25.1. The van der Waals surface area contributed by atoms with Gasteiger partial charge in [0.25, 0.3) is 0 Å². The number of pyridine rings is 1. The summed E-state index contributed by atoms with van der Waals surface area (Å²) in [4.78, 5) is 33.6. The number of carbonyl (C=O) groups excluding carboxylic acids is 2. The van der Waals surface area contributed by atoms with Gasteiger partial charge in [-0.05, 0) is 78.2 Å². The number of aromatic nitrogens is 3. The highest BCUT2D eigenvalue weighted by atomic mass is 28.4. The molecule has 0 aliphatic rings. The minimum Gasteiger partial charge on any atom is -0.489 e. The first-order valence-corrected chi connectivity index (χ1v) is 16.9. The van der Waals surface area contributed by atoms with Crippen LogP contribution in [0.5, 0.6) is 5.75 Å². The number of nitrogens with one attached hydrogen (secondary N) is 2. The first-order chi connectivity index (χ1) is 18.8. The third kappa shape index (κ3) is 12.1. The Balaban J connectivity index is 1.96. The maximum Gasteiger partial charge on any atom is 0.407 e. The van der Waals surface area contributed by atoms with Crippen molar-refractivity contribution in [3.8, 4) is 5.75 Å². The number of aryl methyl sites for hydroxylation is 1. The van der Waals surface area contributed by atoms with Crippen molar-refractivity contribution in [2.45, 2.75) is 111 Å². The van der Waals surface area contributed by atoms with Gasteiger partial charge in [0, 0.05) is 25.5 Å². The number of alkyl carbamates (subject to hydrolysis) is 1. The van der Waals surface area contributed by atoms with Crippen molar-refractivity contribution >= 4 is 32.1 Å². The van der Waals surface area contributed by atoms with E-state index in [1.54, 1.807) is 24.5 Å². The zero-order chi connectivity index (χ0) is 31.1. The van der Waals surface area contributed by atoms with Gasteiger partial charge in [0.15, 0.2) is 14.4 Å². The molecule has 0 saturated carbocycles. The molecule has 2 aromatic heterocycles. The van der Waals surface area contributed by atoms with Gasteiger partial charge >= 0.3 is 12.1 Å². The van der Waals surface area contributed by atoms with Crippen LogP contribution >= 0.6 is 0 Å². The number of anilines is 2. The number of esters is 1. The molecule has 0 aliphatic carbocycles. The molecule has 2 rings (SSSR count). The zero-order valence-electron chi connectivity index (χ0n) is 26.6. The lowest BCUT2D eigenvalue weighted by molar-refractivity contribution is -0.165. The number of hydrogen-bond acceptors (Lipinski definition) is 9. The Hall–Kier alpha value is -3.12. The SMILES string of the molecule is CC(C)(C)OC(=O)NCCCn1ccnc1Nc1ccc(OCC(O[Si](C)(C)C(C)(C)C)C(=O)OC(C)(C)C)cn1. The molecule has 1 atom stereocenters. The highest BCUT2D eigenvalue weighted by Crippen LogP contribution is 2.37. The second-order valence-corrected chi connectivity index (χ2v) is 18.2. The number of nitrogens with zero attached hydrogens (tertiary/aromatic N) is 3. The van der Waals surface area contributed by atoms with Crippen LogP contribution in [-0.2, 0) is 25.2 Å². The zero-order valence-corrected chi connectivity index (χ0v) is 27.6. The van der Waals surface area contributed by atoms with Gasteiger partial charge < -0.3 is 33.8 Å². The molecule has 230 valence electrons. The van der Waals surface area contributed by atoms with Crippen LogP contribution in [-0.4, -0.2) is 65.4 Å². The van der Waals surface area contributed by atoms with Gasteiger partial charge in [-0.15, -0.1) is 0 Å². The van der Waals surface area contributed by atoms with E-state index in [4.69, 9.17) is 18.6 Å². The molecule has 2 heterocycles. The van der Waals surface area contributed by atoms with E-state index in [0.717, 1.165) is 0 Å². The summed E-state index contributed by atoms with van der Waals surface area (Å²) in [6, 6.07) is 3.54. The van der Waals surface area contributed by atoms with Crippen LogP contribution in [0, 0.1) is 0 Å². The fourth-order valence-corrected chi connectivity index (χ4v) is 4.47. The number of amides is 1. The van der Waals surface area contributed by atoms with Gasteiger partial charge in [0.05, 0.1) is 6.20 Å². The van der Waals surface area contributed by atoms with E-state index in [0.29, 0.717) is 37.0 Å². The van der Waals surface area contributed by atoms with E-state index >= 15 is 0 Å². The maximum absolute atomic E-state index is 13.0. The van der Waals surface area contributed by atoms with Crippen molar-refractivity contribution in [1.29, 1.82) is 0 Å². The fraction of sp³-hybridized carbons (Fsp3) is 0.655. The monoisotopic (exact) mass is 591 g/mol. The van der Waals surface area contributed by atoms with E-state index in [9.17, 15) is 9.59 Å². The van der Waals surface area contributed by atoms with Gasteiger partial charge in [-0.25, -0.2) is 19.6 Å². The number of hydrogen-bond donors (Lipinski definition) is 2. The molecular weight excluding hydrogens is 542 g/mol. The molecule has 0 spiro atoms. The van der Waals surface area contributed by atoms with E-state index < -0.39 is 37.7 Å². The molecule has 0 aromatic carbocycles. The van der Waals surface area contributed by atoms with Crippen molar-refractivity contribution in [3.63, 3.8) is 0 Å². The second kappa shape index (κ2) is 13.7. The summed E-state index contributed by atoms with van der Waals surface area (Å²) >= 11 is 0. The van der Waals surface area contributed by atoms with Gasteiger partial charge in [0.2, 0.25) is 5.95 Å². The Bertz CT molecular complexity index is 1130. The lowest BCUT2D eigenvalue weighted by Crippen LogP contribution is -2.49. The van der Waals surface area contributed by atoms with Crippen LogP contribution in [0.2, 0.25) is 18.1 Å². The lowest BCUT2D eigenvalue weighted by Gasteiger charge is -2.38. The first-order valence-electron chi connectivity index (χ1n) is 14.0. The molecule has 1 unspecified atom stereocenters. The summed E-state index contributed by atoms with van der Waals surface area (Å²) in [6.07, 6.45) is 4.54. The summed E-state index contributed by atoms with van der Waals surface area (Å²) in [5.74, 6) is 1.26. The molecule has 0 fully saturated rings. The van der Waals surface area contributed by atoms with Crippen LogP contribution in [0.15, 0.2) is 30.7 Å². The minimum atomic E-state index is -2.27. The third-order valence-electron chi connectivity index (χ3n) is 6.25. The van der Waals surface area contributed by atoms with Crippen LogP contribution in [0.1, 0.15) is 68.7 Å². The van der Waals surface area contributed by atoms with Gasteiger partial charge in [-0.1, -0.05) is 20.8 Å². The molecule has 2 aromatic rings. The Morgan fingerprint density at radius 3 is 2.20 bits per heavy atom. The van der Waals surface area contributed by atoms with E-state index in [1.165, 1.54) is 0 Å². The Morgan fingerprint density at radius 1 is 0.976 bits per heavy atom. The van der Waals surface area contributed by atoms with Crippen LogP contribution in [0.4, 0.5) is 16.6 Å². The van der Waals surface area contributed by atoms with Gasteiger partial charge in [0.1, 0.15) is 29.4 Å². The van der Waals surface area contributed by atoms with Crippen LogP contribution < -0.4 is 15.4 Å². The molecule has 41 heavy (non-hydrogen) atoms. The fourth-order valence-electron chi connectivity index (χ4n) is 3.24. The third-order valence-corrected chi connectivity index (χ3v) is 10.7. The van der Waals surface area contributed by atoms with E-state index in [1.807, 2.05) is 52.3 Å². The highest BCUT2D eigenvalue weighted by molar-refractivity contribution is 6.74. The molecule has 0 radical (unpaired) electrons. The topological polar surface area (TPSA) is 126 Å². The normalized spacial score (nSPS) is 13.3. The molecule has 2 N–H and O–H groups in total. The minimum absolute atomic E-state index is 0.0115. The van der Waals surface area contributed by atoms with E-state index in [-0.39, 0.29) is 11.6 Å². The Kier molecular flexibility index (Phi) is 11.4. The van der Waals surface area contributed by atoms with Crippen LogP contribution in [0.3, 0.4) is 0 Å². The molecule has 12 heteroatoms. The average molecular weight is 592 g/mol. The summed E-state index contributed by atoms with van der Waals surface area (Å²) in [7, 11) is -2.27. The van der Waals surface area contributed by atoms with Crippen molar-refractivity contribution in [1.82, 2.24) is 19.9 Å². The quantitative estimate of drug-likeness (QED) is 0.172. The van der Waals surface area contributed by atoms with Gasteiger partial charge in [-0.2, -0.15) is 0 Å². The van der Waals surface area contributed by atoms with Crippen molar-refractivity contribution in [3.05, 3.63) is 30.7 Å². The number of imidazole rings is 1. The van der Waals surface area contributed by atoms with E-state index in [2.05, 4.69) is 54.5 Å². The standard InChI is InChI=1S/C29H49N5O6Si/c1-27(2,3)38-24(35)22(40-41(10,11)29(7,8)9)20-37-21-13-14-23(32-19-21)33-25-30-16-18-34(25)17-12-15-31-26(36)39-28(4,5)6/h13-14,16,18-19,22H,12,15,17,20H2,1-11H3,(H,31,36)(H,30,32,33). The predicted octanol–water partition coefficient (Wildman–Crippen LogP) is 6.05. The number of carbonyl (C=O) groups is 2. The summed E-state index contributed by atoms with van der Waals surface area (Å²) in [5, 5.41) is 5.87. The van der Waals surface area contributed by atoms with Crippen molar-refractivity contribution in [2.75, 3.05) is 18.5 Å². The van der Waals surface area contributed by atoms with Crippen molar-refractivity contribution < 1.29 is 28.2 Å². The Morgan fingerprint density at radius 2 is 1.63 bits per heavy atom. The lowest BCUT2D eigenvalue weighted by atomic mass is 10.2. The molecule has 1 amide bonds. The Labute approximate surface area is 245 Å². The van der Waals surface area contributed by atoms with Gasteiger partial charge in [-0.3, -0.25) is 0 Å². The number of rotatable bonds is 12. The van der Waals surface area contributed by atoms with Crippen molar-refractivity contribution in [2.24, 2.45) is 0 Å². The molecule has 0 aliphatic heterocycles. The molecule has 0 saturated heterocycles. The number of ether oxygens (including phenoxy) is 3. The molecule has 11 nitrogen and oxygen atoms in total. The summed E-state index contributed by atoms with van der Waals surface area (Å²) in [6.45, 7) is 22.6. The second-order valence-electron chi connectivity index (χ2n) is 13.4. The first kappa shape index (κ1) is 34.1. The molecule has 0 bridgehead atoms.